The number of para-hydroxylation sites is 1. The number of hydrogen-bond donors (Lipinski definition) is 2. The van der Waals surface area contributed by atoms with Gasteiger partial charge >= 0.3 is 0 Å². The first-order chi connectivity index (χ1) is 13.6. The minimum absolute atomic E-state index is 0.0661. The topological polar surface area (TPSA) is 79.4 Å². The summed E-state index contributed by atoms with van der Waals surface area (Å²) in [6, 6.07) is 7.46. The van der Waals surface area contributed by atoms with Crippen molar-refractivity contribution < 1.29 is 13.9 Å². The zero-order valence-electron chi connectivity index (χ0n) is 15.8. The van der Waals surface area contributed by atoms with Crippen LogP contribution in [0.25, 0.3) is 0 Å². The Bertz CT molecular complexity index is 856. The second-order valence-corrected chi connectivity index (χ2v) is 7.19. The molecule has 0 bridgehead atoms. The van der Waals surface area contributed by atoms with Crippen molar-refractivity contribution in [2.45, 2.75) is 44.7 Å². The van der Waals surface area contributed by atoms with Gasteiger partial charge in [0.2, 0.25) is 11.8 Å². The van der Waals surface area contributed by atoms with Gasteiger partial charge in [-0.25, -0.2) is 14.8 Å². The van der Waals surface area contributed by atoms with Crippen molar-refractivity contribution in [3.05, 3.63) is 47.7 Å². The molecule has 2 aromatic rings. The fourth-order valence-corrected chi connectivity index (χ4v) is 3.74. The van der Waals surface area contributed by atoms with Gasteiger partial charge in [-0.2, -0.15) is 4.98 Å². The number of nitrogens with zero attached hydrogens (tertiary/aromatic N) is 3. The Hall–Kier alpha value is -2.58. The Kier molecular flexibility index (Phi) is 5.50. The SMILES string of the molecule is Cc1cc(Oc2ccccc2F)nc(C2CCCCN2C(=O)C2CCNN2)n1. The van der Waals surface area contributed by atoms with Gasteiger partial charge in [0.1, 0.15) is 6.04 Å². The van der Waals surface area contributed by atoms with E-state index in [0.29, 0.717) is 12.4 Å². The van der Waals surface area contributed by atoms with Crippen LogP contribution in [0.2, 0.25) is 0 Å². The predicted molar refractivity (Wildman–Crippen MR) is 101 cm³/mol. The molecule has 0 spiro atoms. The van der Waals surface area contributed by atoms with Crippen LogP contribution in [-0.2, 0) is 4.79 Å². The molecule has 8 heteroatoms. The first-order valence-electron chi connectivity index (χ1n) is 9.68. The van der Waals surface area contributed by atoms with Crippen molar-refractivity contribution in [2.24, 2.45) is 0 Å². The number of rotatable bonds is 4. The average Bonchev–Trinajstić information content (AvgIpc) is 3.24. The summed E-state index contributed by atoms with van der Waals surface area (Å²) in [4.78, 5) is 23.9. The van der Waals surface area contributed by atoms with Gasteiger partial charge < -0.3 is 9.64 Å². The predicted octanol–water partition coefficient (Wildman–Crippen LogP) is 2.64. The molecule has 2 unspecified atom stereocenters. The first kappa shape index (κ1) is 18.8. The number of nitrogens with one attached hydrogen (secondary N) is 2. The molecule has 0 saturated carbocycles. The van der Waals surface area contributed by atoms with Crippen molar-refractivity contribution in [2.75, 3.05) is 13.1 Å². The standard InChI is InChI=1S/C20H24FN5O2/c1-13-12-18(28-17-8-3-2-6-14(17)21)24-19(23-13)16-7-4-5-11-26(16)20(27)15-9-10-22-25-15/h2-3,6,8,12,15-16,22,25H,4-5,7,9-11H2,1H3. The monoisotopic (exact) mass is 385 g/mol. The number of ether oxygens (including phenoxy) is 1. The molecule has 28 heavy (non-hydrogen) atoms. The molecule has 2 fully saturated rings. The summed E-state index contributed by atoms with van der Waals surface area (Å²) in [5.41, 5.74) is 6.77. The number of piperidine rings is 1. The van der Waals surface area contributed by atoms with Crippen LogP contribution in [-0.4, -0.2) is 39.9 Å². The van der Waals surface area contributed by atoms with E-state index in [-0.39, 0.29) is 29.6 Å². The maximum Gasteiger partial charge on any atom is 0.241 e. The lowest BCUT2D eigenvalue weighted by molar-refractivity contribution is -0.137. The Balaban J connectivity index is 1.60. The van der Waals surface area contributed by atoms with Gasteiger partial charge in [-0.15, -0.1) is 0 Å². The molecule has 2 aliphatic rings. The highest BCUT2D eigenvalue weighted by atomic mass is 19.1. The number of benzene rings is 1. The molecular formula is C20H24FN5O2. The highest BCUT2D eigenvalue weighted by Crippen LogP contribution is 2.32. The van der Waals surface area contributed by atoms with Crippen LogP contribution >= 0.6 is 0 Å². The molecule has 0 radical (unpaired) electrons. The largest absolute Gasteiger partial charge is 0.436 e. The number of likely N-dealkylation sites (tertiary alicyclic amines) is 1. The van der Waals surface area contributed by atoms with Crippen LogP contribution < -0.4 is 15.6 Å². The fraction of sp³-hybridized carbons (Fsp3) is 0.450. The van der Waals surface area contributed by atoms with Gasteiger partial charge in [0.15, 0.2) is 17.4 Å². The Morgan fingerprint density at radius 1 is 1.25 bits per heavy atom. The summed E-state index contributed by atoms with van der Waals surface area (Å²) in [6.45, 7) is 3.30. The molecule has 7 nitrogen and oxygen atoms in total. The van der Waals surface area contributed by atoms with Crippen LogP contribution in [0.1, 0.15) is 43.2 Å². The molecule has 1 amide bonds. The summed E-state index contributed by atoms with van der Waals surface area (Å²) in [7, 11) is 0. The zero-order valence-corrected chi connectivity index (χ0v) is 15.8. The number of amides is 1. The summed E-state index contributed by atoms with van der Waals surface area (Å²) >= 11 is 0. The van der Waals surface area contributed by atoms with Crippen LogP contribution in [0.4, 0.5) is 4.39 Å². The first-order valence-corrected chi connectivity index (χ1v) is 9.68. The normalized spacial score (nSPS) is 22.3. The smallest absolute Gasteiger partial charge is 0.241 e. The van der Waals surface area contributed by atoms with Gasteiger partial charge in [0.05, 0.1) is 6.04 Å². The highest BCUT2D eigenvalue weighted by molar-refractivity contribution is 5.82. The third kappa shape index (κ3) is 3.98. The molecule has 0 aliphatic carbocycles. The summed E-state index contributed by atoms with van der Waals surface area (Å²) in [5, 5.41) is 0. The quantitative estimate of drug-likeness (QED) is 0.842. The van der Waals surface area contributed by atoms with Crippen LogP contribution in [0.3, 0.4) is 0 Å². The van der Waals surface area contributed by atoms with Crippen LogP contribution in [0.5, 0.6) is 11.6 Å². The number of carbonyl (C=O) groups excluding carboxylic acids is 1. The lowest BCUT2D eigenvalue weighted by atomic mass is 9.99. The van der Waals surface area contributed by atoms with Gasteiger partial charge in [0.25, 0.3) is 0 Å². The van der Waals surface area contributed by atoms with Crippen molar-refractivity contribution in [3.8, 4) is 11.6 Å². The molecular weight excluding hydrogens is 361 g/mol. The molecule has 2 saturated heterocycles. The van der Waals surface area contributed by atoms with Gasteiger partial charge in [-0.05, 0) is 44.7 Å². The molecule has 148 valence electrons. The number of carbonyl (C=O) groups is 1. The number of aryl methyl sites for hydroxylation is 1. The highest BCUT2D eigenvalue weighted by Gasteiger charge is 2.35. The molecule has 2 N–H and O–H groups in total. The second kappa shape index (κ2) is 8.20. The van der Waals surface area contributed by atoms with Crippen molar-refractivity contribution in [1.82, 2.24) is 25.7 Å². The molecule has 2 atom stereocenters. The van der Waals surface area contributed by atoms with Crippen molar-refractivity contribution in [1.29, 1.82) is 0 Å². The van der Waals surface area contributed by atoms with Crippen LogP contribution in [0.15, 0.2) is 30.3 Å². The molecule has 1 aromatic carbocycles. The fourth-order valence-electron chi connectivity index (χ4n) is 3.74. The van der Waals surface area contributed by atoms with E-state index in [1.165, 1.54) is 6.07 Å². The van der Waals surface area contributed by atoms with Crippen molar-refractivity contribution in [3.63, 3.8) is 0 Å². The summed E-state index contributed by atoms with van der Waals surface area (Å²) in [6.07, 6.45) is 3.53. The van der Waals surface area contributed by atoms with E-state index in [1.54, 1.807) is 24.3 Å². The Morgan fingerprint density at radius 3 is 2.89 bits per heavy atom. The Morgan fingerprint density at radius 2 is 2.11 bits per heavy atom. The van der Waals surface area contributed by atoms with E-state index in [4.69, 9.17) is 4.74 Å². The summed E-state index contributed by atoms with van der Waals surface area (Å²) < 4.78 is 19.6. The van der Waals surface area contributed by atoms with E-state index >= 15 is 0 Å². The van der Waals surface area contributed by atoms with Gasteiger partial charge in [0, 0.05) is 24.8 Å². The third-order valence-corrected chi connectivity index (χ3v) is 5.12. The number of aromatic nitrogens is 2. The third-order valence-electron chi connectivity index (χ3n) is 5.12. The van der Waals surface area contributed by atoms with Gasteiger partial charge in [-0.3, -0.25) is 10.2 Å². The van der Waals surface area contributed by atoms with Gasteiger partial charge in [-0.1, -0.05) is 12.1 Å². The molecule has 2 aliphatic heterocycles. The second-order valence-electron chi connectivity index (χ2n) is 7.19. The van der Waals surface area contributed by atoms with E-state index in [9.17, 15) is 9.18 Å². The minimum atomic E-state index is -0.449. The summed E-state index contributed by atoms with van der Waals surface area (Å²) in [5.74, 6) is 0.562. The van der Waals surface area contributed by atoms with E-state index in [1.807, 2.05) is 11.8 Å². The van der Waals surface area contributed by atoms with E-state index in [2.05, 4.69) is 20.8 Å². The molecule has 1 aromatic heterocycles. The maximum atomic E-state index is 13.9. The molecule has 3 heterocycles. The minimum Gasteiger partial charge on any atom is -0.436 e. The lowest BCUT2D eigenvalue weighted by Gasteiger charge is -2.36. The van der Waals surface area contributed by atoms with Crippen LogP contribution in [0, 0.1) is 12.7 Å². The molecule has 4 rings (SSSR count). The van der Waals surface area contributed by atoms with Crippen molar-refractivity contribution >= 4 is 5.91 Å². The maximum absolute atomic E-state index is 13.9. The average molecular weight is 385 g/mol. The number of hydrogen-bond acceptors (Lipinski definition) is 6. The number of halogens is 1. The number of hydrazine groups is 1. The lowest BCUT2D eigenvalue weighted by Crippen LogP contribution is -2.48. The van der Waals surface area contributed by atoms with E-state index in [0.717, 1.165) is 37.9 Å². The Labute approximate surface area is 163 Å². The zero-order chi connectivity index (χ0) is 19.5. The van der Waals surface area contributed by atoms with E-state index < -0.39 is 5.82 Å².